The van der Waals surface area contributed by atoms with E-state index in [4.69, 9.17) is 4.42 Å². The number of benzene rings is 1. The predicted octanol–water partition coefficient (Wildman–Crippen LogP) is 3.57. The maximum absolute atomic E-state index is 13.0. The minimum absolute atomic E-state index is 0.0974. The van der Waals surface area contributed by atoms with Gasteiger partial charge in [0.15, 0.2) is 5.78 Å². The Morgan fingerprint density at radius 2 is 2.00 bits per heavy atom. The summed E-state index contributed by atoms with van der Waals surface area (Å²) in [5.74, 6) is 0.684. The number of Topliss-reactive ketones (excluding diaryl/α,β-unsaturated/α-hetero) is 1. The van der Waals surface area contributed by atoms with Crippen LogP contribution in [0.2, 0.25) is 0 Å². The number of aromatic nitrogens is 2. The Balaban J connectivity index is 1.54. The standard InChI is InChI=1S/C19H19N3O4S2/c1-13(23)14-4-6-17(7-5-14)28(24,25)22-9-2-3-15(11-22)18-20-21-19(26-18)16-8-10-27-12-16/h4-8,10,12,15H,2-3,9,11H2,1H3/t15-/m1/s1. The summed E-state index contributed by atoms with van der Waals surface area (Å²) in [6.07, 6.45) is 1.51. The van der Waals surface area contributed by atoms with Crippen molar-refractivity contribution in [3.8, 4) is 11.5 Å². The minimum Gasteiger partial charge on any atom is -0.420 e. The normalized spacial score (nSPS) is 18.2. The van der Waals surface area contributed by atoms with Gasteiger partial charge in [0.2, 0.25) is 21.8 Å². The van der Waals surface area contributed by atoms with Crippen molar-refractivity contribution < 1.29 is 17.6 Å². The number of hydrogen-bond acceptors (Lipinski definition) is 7. The Hall–Kier alpha value is -2.36. The van der Waals surface area contributed by atoms with Crippen LogP contribution >= 0.6 is 11.3 Å². The maximum atomic E-state index is 13.0. The summed E-state index contributed by atoms with van der Waals surface area (Å²) in [6, 6.07) is 7.96. The number of nitrogens with zero attached hydrogens (tertiary/aromatic N) is 3. The average Bonchev–Trinajstić information content (AvgIpc) is 3.40. The fourth-order valence-corrected chi connectivity index (χ4v) is 5.43. The first-order valence-corrected chi connectivity index (χ1v) is 11.3. The van der Waals surface area contributed by atoms with Gasteiger partial charge in [-0.25, -0.2) is 8.42 Å². The Bertz CT molecular complexity index is 1070. The van der Waals surface area contributed by atoms with Gasteiger partial charge in [0, 0.05) is 29.6 Å². The summed E-state index contributed by atoms with van der Waals surface area (Å²) >= 11 is 1.55. The highest BCUT2D eigenvalue weighted by Crippen LogP contribution is 2.31. The van der Waals surface area contributed by atoms with Crippen LogP contribution in [-0.2, 0) is 10.0 Å². The summed E-state index contributed by atoms with van der Waals surface area (Å²) in [5.41, 5.74) is 1.36. The van der Waals surface area contributed by atoms with Crippen molar-refractivity contribution in [3.63, 3.8) is 0 Å². The zero-order valence-electron chi connectivity index (χ0n) is 15.2. The predicted molar refractivity (Wildman–Crippen MR) is 105 cm³/mol. The van der Waals surface area contributed by atoms with E-state index in [1.807, 2.05) is 16.8 Å². The highest BCUT2D eigenvalue weighted by atomic mass is 32.2. The van der Waals surface area contributed by atoms with E-state index in [0.29, 0.717) is 36.9 Å². The second-order valence-electron chi connectivity index (χ2n) is 6.74. The molecule has 4 rings (SSSR count). The van der Waals surface area contributed by atoms with E-state index in [9.17, 15) is 13.2 Å². The molecule has 0 radical (unpaired) electrons. The van der Waals surface area contributed by atoms with Gasteiger partial charge < -0.3 is 4.42 Å². The lowest BCUT2D eigenvalue weighted by Crippen LogP contribution is -2.39. The van der Waals surface area contributed by atoms with E-state index in [1.165, 1.54) is 23.4 Å². The highest BCUT2D eigenvalue weighted by Gasteiger charge is 2.33. The summed E-state index contributed by atoms with van der Waals surface area (Å²) < 4.78 is 33.3. The Morgan fingerprint density at radius 3 is 2.68 bits per heavy atom. The van der Waals surface area contributed by atoms with E-state index >= 15 is 0 Å². The molecular formula is C19H19N3O4S2. The molecular weight excluding hydrogens is 398 g/mol. The van der Waals surface area contributed by atoms with Gasteiger partial charge in [-0.15, -0.1) is 10.2 Å². The molecule has 3 heterocycles. The monoisotopic (exact) mass is 417 g/mol. The third-order valence-corrected chi connectivity index (χ3v) is 7.40. The molecule has 0 bridgehead atoms. The zero-order chi connectivity index (χ0) is 19.7. The molecule has 1 atom stereocenters. The van der Waals surface area contributed by atoms with Crippen LogP contribution in [0.15, 0.2) is 50.4 Å². The van der Waals surface area contributed by atoms with Crippen molar-refractivity contribution >= 4 is 27.1 Å². The summed E-state index contributed by atoms with van der Waals surface area (Å²) in [6.45, 7) is 2.19. The van der Waals surface area contributed by atoms with Gasteiger partial charge in [0.1, 0.15) is 0 Å². The number of piperidine rings is 1. The maximum Gasteiger partial charge on any atom is 0.248 e. The molecule has 1 aromatic carbocycles. The lowest BCUT2D eigenvalue weighted by Gasteiger charge is -2.30. The molecule has 0 spiro atoms. The fraction of sp³-hybridized carbons (Fsp3) is 0.316. The van der Waals surface area contributed by atoms with E-state index in [0.717, 1.165) is 12.0 Å². The lowest BCUT2D eigenvalue weighted by atomic mass is 10.00. The average molecular weight is 418 g/mol. The molecule has 1 saturated heterocycles. The van der Waals surface area contributed by atoms with E-state index in [-0.39, 0.29) is 16.6 Å². The molecule has 0 unspecified atom stereocenters. The van der Waals surface area contributed by atoms with Crippen molar-refractivity contribution in [3.05, 3.63) is 52.5 Å². The summed E-state index contributed by atoms with van der Waals surface area (Å²) in [4.78, 5) is 11.6. The van der Waals surface area contributed by atoms with Crippen LogP contribution in [0.25, 0.3) is 11.5 Å². The van der Waals surface area contributed by atoms with Crippen molar-refractivity contribution in [1.82, 2.24) is 14.5 Å². The third kappa shape index (κ3) is 3.65. The minimum atomic E-state index is -3.65. The summed E-state index contributed by atoms with van der Waals surface area (Å²) in [7, 11) is -3.65. The van der Waals surface area contributed by atoms with Gasteiger partial charge >= 0.3 is 0 Å². The SMILES string of the molecule is CC(=O)c1ccc(S(=O)(=O)N2CCC[C@@H](c3nnc(-c4ccsc4)o3)C2)cc1. The van der Waals surface area contributed by atoms with Gasteiger partial charge in [-0.3, -0.25) is 4.79 Å². The van der Waals surface area contributed by atoms with Crippen molar-refractivity contribution in [2.24, 2.45) is 0 Å². The highest BCUT2D eigenvalue weighted by molar-refractivity contribution is 7.89. The first kappa shape index (κ1) is 19.0. The van der Waals surface area contributed by atoms with Crippen LogP contribution in [0.5, 0.6) is 0 Å². The van der Waals surface area contributed by atoms with Gasteiger partial charge in [-0.05, 0) is 43.3 Å². The molecule has 2 aromatic heterocycles. The molecule has 7 nitrogen and oxygen atoms in total. The summed E-state index contributed by atoms with van der Waals surface area (Å²) in [5, 5.41) is 12.1. The first-order chi connectivity index (χ1) is 13.4. The van der Waals surface area contributed by atoms with Crippen LogP contribution in [-0.4, -0.2) is 41.8 Å². The molecule has 0 saturated carbocycles. The van der Waals surface area contributed by atoms with Crippen LogP contribution in [0.3, 0.4) is 0 Å². The topological polar surface area (TPSA) is 93.4 Å². The molecule has 9 heteroatoms. The number of carbonyl (C=O) groups is 1. The lowest BCUT2D eigenvalue weighted by molar-refractivity contribution is 0.101. The van der Waals surface area contributed by atoms with Gasteiger partial charge in [-0.1, -0.05) is 12.1 Å². The van der Waals surface area contributed by atoms with Crippen molar-refractivity contribution in [2.45, 2.75) is 30.6 Å². The molecule has 3 aromatic rings. The van der Waals surface area contributed by atoms with Crippen molar-refractivity contribution in [2.75, 3.05) is 13.1 Å². The number of carbonyl (C=O) groups excluding carboxylic acids is 1. The second-order valence-corrected chi connectivity index (χ2v) is 9.46. The van der Waals surface area contributed by atoms with Crippen LogP contribution in [0.1, 0.15) is 41.9 Å². The molecule has 1 aliphatic rings. The van der Waals surface area contributed by atoms with Crippen LogP contribution in [0.4, 0.5) is 0 Å². The quantitative estimate of drug-likeness (QED) is 0.589. The Labute approximate surface area is 167 Å². The Morgan fingerprint density at radius 1 is 1.21 bits per heavy atom. The van der Waals surface area contributed by atoms with Gasteiger partial charge in [0.05, 0.1) is 10.8 Å². The number of hydrogen-bond donors (Lipinski definition) is 0. The molecule has 0 N–H and O–H groups in total. The third-order valence-electron chi connectivity index (χ3n) is 4.84. The first-order valence-electron chi connectivity index (χ1n) is 8.92. The van der Waals surface area contributed by atoms with Crippen molar-refractivity contribution in [1.29, 1.82) is 0 Å². The van der Waals surface area contributed by atoms with E-state index in [1.54, 1.807) is 23.5 Å². The number of sulfonamides is 1. The van der Waals surface area contributed by atoms with E-state index < -0.39 is 10.0 Å². The Kier molecular flexibility index (Phi) is 5.13. The van der Waals surface area contributed by atoms with Gasteiger partial charge in [-0.2, -0.15) is 15.6 Å². The molecule has 0 amide bonds. The smallest absolute Gasteiger partial charge is 0.248 e. The molecule has 146 valence electrons. The number of thiophene rings is 1. The van der Waals surface area contributed by atoms with Crippen LogP contribution in [0, 0.1) is 0 Å². The number of rotatable bonds is 5. The fourth-order valence-electron chi connectivity index (χ4n) is 3.28. The number of ketones is 1. The van der Waals surface area contributed by atoms with Crippen LogP contribution < -0.4 is 0 Å². The molecule has 28 heavy (non-hydrogen) atoms. The molecule has 1 fully saturated rings. The molecule has 0 aliphatic carbocycles. The second kappa shape index (κ2) is 7.57. The van der Waals surface area contributed by atoms with E-state index in [2.05, 4.69) is 10.2 Å². The zero-order valence-corrected chi connectivity index (χ0v) is 16.9. The van der Waals surface area contributed by atoms with Gasteiger partial charge in [0.25, 0.3) is 0 Å². The largest absolute Gasteiger partial charge is 0.420 e. The molecule has 1 aliphatic heterocycles.